The van der Waals surface area contributed by atoms with E-state index in [1.807, 2.05) is 12.1 Å². The standard InChI is InChI=1S/C25H22F3N5O3S/c1-14(15-5-7-17(8-6-15)25(26,27)28)30-24-31-19-9-11-32(13-18(19)22(34)33(24)36-2)23(35)20-12-16-4-3-10-29-21(16)37-20/h3-8,10,12,14H,9,11,13H2,1-2H3,(H,30,31). The molecule has 1 atom stereocenters. The molecule has 0 radical (unpaired) electrons. The third-order valence-corrected chi connectivity index (χ3v) is 7.30. The Morgan fingerprint density at radius 1 is 1.22 bits per heavy atom. The van der Waals surface area contributed by atoms with Crippen molar-refractivity contribution in [2.75, 3.05) is 19.0 Å². The number of hydrogen-bond donors (Lipinski definition) is 1. The first-order chi connectivity index (χ1) is 17.7. The Bertz CT molecular complexity index is 1500. The van der Waals surface area contributed by atoms with Gasteiger partial charge in [-0.15, -0.1) is 16.1 Å². The minimum absolute atomic E-state index is 0.0831. The summed E-state index contributed by atoms with van der Waals surface area (Å²) in [6, 6.07) is 9.81. The topological polar surface area (TPSA) is 89.4 Å². The van der Waals surface area contributed by atoms with E-state index < -0.39 is 23.3 Å². The molecule has 1 aliphatic rings. The van der Waals surface area contributed by atoms with Crippen LogP contribution in [0.1, 0.15) is 45.0 Å². The van der Waals surface area contributed by atoms with Gasteiger partial charge in [-0.3, -0.25) is 9.59 Å². The predicted molar refractivity (Wildman–Crippen MR) is 133 cm³/mol. The van der Waals surface area contributed by atoms with Gasteiger partial charge in [-0.1, -0.05) is 18.2 Å². The Labute approximate surface area is 213 Å². The normalized spacial score (nSPS) is 14.4. The molecular weight excluding hydrogens is 507 g/mol. The lowest BCUT2D eigenvalue weighted by molar-refractivity contribution is -0.137. The highest BCUT2D eigenvalue weighted by Crippen LogP contribution is 2.31. The molecule has 192 valence electrons. The molecule has 0 fully saturated rings. The van der Waals surface area contributed by atoms with E-state index in [9.17, 15) is 22.8 Å². The van der Waals surface area contributed by atoms with E-state index in [0.717, 1.165) is 27.1 Å². The van der Waals surface area contributed by atoms with Crippen molar-refractivity contribution in [2.45, 2.75) is 32.1 Å². The van der Waals surface area contributed by atoms with Gasteiger partial charge >= 0.3 is 6.18 Å². The van der Waals surface area contributed by atoms with Gasteiger partial charge < -0.3 is 15.1 Å². The van der Waals surface area contributed by atoms with Crippen molar-refractivity contribution in [3.05, 3.63) is 86.3 Å². The van der Waals surface area contributed by atoms with Crippen molar-refractivity contribution < 1.29 is 22.8 Å². The molecule has 4 aromatic rings. The lowest BCUT2D eigenvalue weighted by Gasteiger charge is -2.28. The highest BCUT2D eigenvalue weighted by Gasteiger charge is 2.31. The maximum Gasteiger partial charge on any atom is 0.416 e. The van der Waals surface area contributed by atoms with Crippen LogP contribution in [0.2, 0.25) is 0 Å². The molecule has 1 amide bonds. The van der Waals surface area contributed by atoms with E-state index in [2.05, 4.69) is 15.3 Å². The van der Waals surface area contributed by atoms with E-state index in [4.69, 9.17) is 4.84 Å². The molecule has 1 unspecified atom stereocenters. The van der Waals surface area contributed by atoms with E-state index >= 15 is 0 Å². The first kappa shape index (κ1) is 24.8. The van der Waals surface area contributed by atoms with Crippen LogP contribution in [0.3, 0.4) is 0 Å². The fourth-order valence-electron chi connectivity index (χ4n) is 4.27. The molecule has 8 nitrogen and oxygen atoms in total. The van der Waals surface area contributed by atoms with Crippen LogP contribution in [-0.2, 0) is 19.1 Å². The highest BCUT2D eigenvalue weighted by molar-refractivity contribution is 7.20. The number of thiophene rings is 1. The van der Waals surface area contributed by atoms with Gasteiger partial charge in [0.15, 0.2) is 0 Å². The number of pyridine rings is 1. The number of halogens is 3. The number of nitrogens with one attached hydrogen (secondary N) is 1. The van der Waals surface area contributed by atoms with Crippen molar-refractivity contribution in [2.24, 2.45) is 0 Å². The number of aromatic nitrogens is 3. The van der Waals surface area contributed by atoms with E-state index in [-0.39, 0.29) is 18.4 Å². The monoisotopic (exact) mass is 529 g/mol. The van der Waals surface area contributed by atoms with Gasteiger partial charge in [-0.05, 0) is 36.8 Å². The summed E-state index contributed by atoms with van der Waals surface area (Å²) in [6.45, 7) is 2.21. The summed E-state index contributed by atoms with van der Waals surface area (Å²) < 4.78 is 39.7. The number of rotatable bonds is 5. The van der Waals surface area contributed by atoms with Crippen molar-refractivity contribution in [3.63, 3.8) is 0 Å². The van der Waals surface area contributed by atoms with Gasteiger partial charge in [-0.25, -0.2) is 9.97 Å². The molecule has 0 aliphatic carbocycles. The Balaban J connectivity index is 1.38. The zero-order valence-corrected chi connectivity index (χ0v) is 20.7. The van der Waals surface area contributed by atoms with Gasteiger partial charge in [0.2, 0.25) is 5.95 Å². The summed E-state index contributed by atoms with van der Waals surface area (Å²) in [7, 11) is 1.32. The van der Waals surface area contributed by atoms with Gasteiger partial charge in [0, 0.05) is 24.5 Å². The van der Waals surface area contributed by atoms with Gasteiger partial charge in [0.25, 0.3) is 11.5 Å². The van der Waals surface area contributed by atoms with Crippen molar-refractivity contribution in [3.8, 4) is 0 Å². The molecule has 0 saturated heterocycles. The zero-order chi connectivity index (χ0) is 26.3. The van der Waals surface area contributed by atoms with Gasteiger partial charge in [0.05, 0.1) is 34.3 Å². The molecule has 0 spiro atoms. The molecule has 3 aromatic heterocycles. The van der Waals surface area contributed by atoms with Crippen LogP contribution in [0.5, 0.6) is 0 Å². The molecule has 37 heavy (non-hydrogen) atoms. The highest BCUT2D eigenvalue weighted by atomic mass is 32.1. The average Bonchev–Trinajstić information content (AvgIpc) is 3.32. The summed E-state index contributed by atoms with van der Waals surface area (Å²) in [5.74, 6) is -0.0517. The number of nitrogens with zero attached hydrogens (tertiary/aromatic N) is 4. The number of alkyl halides is 3. The minimum atomic E-state index is -4.42. The average molecular weight is 530 g/mol. The van der Waals surface area contributed by atoms with Crippen LogP contribution in [0.15, 0.2) is 53.5 Å². The van der Waals surface area contributed by atoms with Crippen LogP contribution in [-0.4, -0.2) is 39.2 Å². The molecule has 1 aromatic carbocycles. The second kappa shape index (κ2) is 9.51. The molecule has 1 N–H and O–H groups in total. The SMILES string of the molecule is COn1c(NC(C)c2ccc(C(F)(F)F)cc2)nc2c(c1=O)CN(C(=O)c1cc3cccnc3s1)CC2. The Morgan fingerprint density at radius 3 is 2.65 bits per heavy atom. The largest absolute Gasteiger partial charge is 0.416 e. The molecule has 5 rings (SSSR count). The fourth-order valence-corrected chi connectivity index (χ4v) is 5.23. The minimum Gasteiger partial charge on any atom is -0.411 e. The first-order valence-electron chi connectivity index (χ1n) is 11.4. The smallest absolute Gasteiger partial charge is 0.411 e. The number of carbonyl (C=O) groups is 1. The van der Waals surface area contributed by atoms with Gasteiger partial charge in [0.1, 0.15) is 11.9 Å². The maximum absolute atomic E-state index is 13.3. The lowest BCUT2D eigenvalue weighted by atomic mass is 10.1. The van der Waals surface area contributed by atoms with Crippen LogP contribution in [0, 0.1) is 0 Å². The number of amides is 1. The van der Waals surface area contributed by atoms with Crippen molar-refractivity contribution in [1.82, 2.24) is 19.6 Å². The van der Waals surface area contributed by atoms with Crippen molar-refractivity contribution >= 4 is 33.4 Å². The van der Waals surface area contributed by atoms with E-state index in [1.54, 1.807) is 24.1 Å². The Kier molecular flexibility index (Phi) is 6.36. The maximum atomic E-state index is 13.3. The summed E-state index contributed by atoms with van der Waals surface area (Å²) >= 11 is 1.30. The Morgan fingerprint density at radius 2 is 1.97 bits per heavy atom. The number of benzene rings is 1. The zero-order valence-electron chi connectivity index (χ0n) is 19.9. The lowest BCUT2D eigenvalue weighted by Crippen LogP contribution is -2.42. The third-order valence-electron chi connectivity index (χ3n) is 6.25. The van der Waals surface area contributed by atoms with Crippen LogP contribution >= 0.6 is 11.3 Å². The Hall–Kier alpha value is -3.93. The molecule has 1 aliphatic heterocycles. The molecule has 12 heteroatoms. The second-order valence-electron chi connectivity index (χ2n) is 8.61. The summed E-state index contributed by atoms with van der Waals surface area (Å²) in [5, 5.41) is 3.95. The molecular formula is C25H22F3N5O3S. The van der Waals surface area contributed by atoms with Crippen molar-refractivity contribution in [1.29, 1.82) is 0 Å². The molecule has 4 heterocycles. The molecule has 0 bridgehead atoms. The second-order valence-corrected chi connectivity index (χ2v) is 9.64. The number of hydrogen-bond acceptors (Lipinski definition) is 7. The number of anilines is 1. The molecule has 0 saturated carbocycles. The summed E-state index contributed by atoms with van der Waals surface area (Å²) in [4.78, 5) is 43.5. The van der Waals surface area contributed by atoms with Crippen LogP contribution < -0.4 is 15.7 Å². The number of carbonyl (C=O) groups excluding carboxylic acids is 1. The van der Waals surface area contributed by atoms with E-state index in [1.165, 1.54) is 30.6 Å². The van der Waals surface area contributed by atoms with Crippen LogP contribution in [0.4, 0.5) is 19.1 Å². The predicted octanol–water partition coefficient (Wildman–Crippen LogP) is 4.30. The first-order valence-corrected chi connectivity index (χ1v) is 12.2. The third kappa shape index (κ3) is 4.76. The fraction of sp³-hybridized carbons (Fsp3) is 0.280. The van der Waals surface area contributed by atoms with Gasteiger partial charge in [-0.2, -0.15) is 13.2 Å². The number of fused-ring (bicyclic) bond motifs is 2. The van der Waals surface area contributed by atoms with Crippen LogP contribution in [0.25, 0.3) is 10.2 Å². The summed E-state index contributed by atoms with van der Waals surface area (Å²) in [6.07, 6.45) is -2.38. The quantitative estimate of drug-likeness (QED) is 0.415. The summed E-state index contributed by atoms with van der Waals surface area (Å²) in [5.41, 5.74) is 0.286. The van der Waals surface area contributed by atoms with E-state index in [0.29, 0.717) is 34.7 Å².